The number of thiophene rings is 1. The SMILES string of the molecule is CCCCN(C)C(=O)c1sc2nc(C)nc(N(C)c3ccc(C(C)C)cc3)c2c1C. The molecule has 2 aromatic heterocycles. The summed E-state index contributed by atoms with van der Waals surface area (Å²) in [6.45, 7) is 11.2. The largest absolute Gasteiger partial charge is 0.341 e. The van der Waals surface area contributed by atoms with Crippen molar-refractivity contribution in [3.05, 3.63) is 46.1 Å². The lowest BCUT2D eigenvalue weighted by molar-refractivity contribution is 0.0797. The molecule has 0 aliphatic heterocycles. The van der Waals surface area contributed by atoms with Crippen LogP contribution in [0.15, 0.2) is 24.3 Å². The molecule has 0 saturated heterocycles. The zero-order chi connectivity index (χ0) is 22.0. The summed E-state index contributed by atoms with van der Waals surface area (Å²) < 4.78 is 0. The second-order valence-corrected chi connectivity index (χ2v) is 9.22. The van der Waals surface area contributed by atoms with Crippen LogP contribution in [0.3, 0.4) is 0 Å². The maximum absolute atomic E-state index is 13.1. The monoisotopic (exact) mass is 424 g/mol. The topological polar surface area (TPSA) is 49.3 Å². The first-order valence-corrected chi connectivity index (χ1v) is 11.4. The van der Waals surface area contributed by atoms with E-state index < -0.39 is 0 Å². The van der Waals surface area contributed by atoms with Gasteiger partial charge in [-0.05, 0) is 49.4 Å². The van der Waals surface area contributed by atoms with Gasteiger partial charge in [0.2, 0.25) is 0 Å². The smallest absolute Gasteiger partial charge is 0.264 e. The van der Waals surface area contributed by atoms with Gasteiger partial charge in [0.15, 0.2) is 0 Å². The Bertz CT molecular complexity index is 1040. The van der Waals surface area contributed by atoms with E-state index in [4.69, 9.17) is 4.98 Å². The summed E-state index contributed by atoms with van der Waals surface area (Å²) in [6.07, 6.45) is 2.07. The molecule has 1 amide bonds. The van der Waals surface area contributed by atoms with Crippen LogP contribution in [-0.2, 0) is 0 Å². The molecule has 0 saturated carbocycles. The Morgan fingerprint density at radius 3 is 2.37 bits per heavy atom. The van der Waals surface area contributed by atoms with Crippen molar-refractivity contribution in [1.82, 2.24) is 14.9 Å². The minimum Gasteiger partial charge on any atom is -0.341 e. The average molecular weight is 425 g/mol. The Kier molecular flexibility index (Phi) is 6.76. The summed E-state index contributed by atoms with van der Waals surface area (Å²) in [5.74, 6) is 2.12. The zero-order valence-corrected chi connectivity index (χ0v) is 19.9. The molecular formula is C24H32N4OS. The number of carbonyl (C=O) groups is 1. The van der Waals surface area contributed by atoms with Gasteiger partial charge in [-0.3, -0.25) is 4.79 Å². The first-order chi connectivity index (χ1) is 14.2. The van der Waals surface area contributed by atoms with Gasteiger partial charge < -0.3 is 9.80 Å². The number of rotatable bonds is 7. The zero-order valence-electron chi connectivity index (χ0n) is 19.1. The van der Waals surface area contributed by atoms with E-state index in [2.05, 4.69) is 54.9 Å². The molecule has 0 spiro atoms. The van der Waals surface area contributed by atoms with Crippen LogP contribution in [0.2, 0.25) is 0 Å². The molecular weight excluding hydrogens is 392 g/mol. The van der Waals surface area contributed by atoms with Gasteiger partial charge in [0.05, 0.1) is 10.3 Å². The van der Waals surface area contributed by atoms with Crippen molar-refractivity contribution >= 4 is 39.0 Å². The third-order valence-electron chi connectivity index (χ3n) is 5.54. The number of nitrogens with zero attached hydrogens (tertiary/aromatic N) is 4. The molecule has 0 N–H and O–H groups in total. The third-order valence-corrected chi connectivity index (χ3v) is 6.71. The molecule has 160 valence electrons. The van der Waals surface area contributed by atoms with Crippen molar-refractivity contribution in [3.8, 4) is 0 Å². The highest BCUT2D eigenvalue weighted by molar-refractivity contribution is 7.20. The Morgan fingerprint density at radius 2 is 1.77 bits per heavy atom. The number of unbranched alkanes of at least 4 members (excludes halogenated alkanes) is 1. The van der Waals surface area contributed by atoms with E-state index in [-0.39, 0.29) is 5.91 Å². The van der Waals surface area contributed by atoms with Crippen LogP contribution in [-0.4, -0.2) is 41.4 Å². The minimum absolute atomic E-state index is 0.0662. The molecule has 0 radical (unpaired) electrons. The molecule has 5 nitrogen and oxygen atoms in total. The van der Waals surface area contributed by atoms with Crippen LogP contribution in [0.5, 0.6) is 0 Å². The number of anilines is 2. The Balaban J connectivity index is 2.05. The highest BCUT2D eigenvalue weighted by atomic mass is 32.1. The second-order valence-electron chi connectivity index (χ2n) is 8.22. The number of fused-ring (bicyclic) bond motifs is 1. The lowest BCUT2D eigenvalue weighted by Gasteiger charge is -2.21. The number of carbonyl (C=O) groups excluding carboxylic acids is 1. The number of hydrogen-bond acceptors (Lipinski definition) is 5. The van der Waals surface area contributed by atoms with Crippen molar-refractivity contribution in [2.75, 3.05) is 25.5 Å². The number of hydrogen-bond donors (Lipinski definition) is 0. The maximum Gasteiger partial charge on any atom is 0.264 e. The van der Waals surface area contributed by atoms with E-state index >= 15 is 0 Å². The molecule has 6 heteroatoms. The summed E-state index contributed by atoms with van der Waals surface area (Å²) in [4.78, 5) is 28.0. The maximum atomic E-state index is 13.1. The van der Waals surface area contributed by atoms with Crippen LogP contribution in [0.4, 0.5) is 11.5 Å². The van der Waals surface area contributed by atoms with Crippen molar-refractivity contribution < 1.29 is 4.79 Å². The van der Waals surface area contributed by atoms with Gasteiger partial charge in [0, 0.05) is 26.3 Å². The molecule has 1 aromatic carbocycles. The summed E-state index contributed by atoms with van der Waals surface area (Å²) in [6, 6.07) is 8.59. The fourth-order valence-electron chi connectivity index (χ4n) is 3.54. The van der Waals surface area contributed by atoms with Crippen molar-refractivity contribution in [2.24, 2.45) is 0 Å². The molecule has 30 heavy (non-hydrogen) atoms. The van der Waals surface area contributed by atoms with Crippen molar-refractivity contribution in [2.45, 2.75) is 53.4 Å². The number of benzene rings is 1. The quantitative estimate of drug-likeness (QED) is 0.462. The van der Waals surface area contributed by atoms with E-state index in [1.165, 1.54) is 16.9 Å². The fraction of sp³-hybridized carbons (Fsp3) is 0.458. The molecule has 0 bridgehead atoms. The summed E-state index contributed by atoms with van der Waals surface area (Å²) in [5, 5.41) is 0.966. The lowest BCUT2D eigenvalue weighted by Crippen LogP contribution is -2.27. The molecule has 0 aliphatic rings. The average Bonchev–Trinajstić information content (AvgIpc) is 3.06. The molecule has 2 heterocycles. The summed E-state index contributed by atoms with van der Waals surface area (Å²) >= 11 is 1.47. The highest BCUT2D eigenvalue weighted by Gasteiger charge is 2.24. The Hall–Kier alpha value is -2.47. The van der Waals surface area contributed by atoms with Gasteiger partial charge in [0.25, 0.3) is 5.91 Å². The van der Waals surface area contributed by atoms with E-state index in [1.807, 2.05) is 32.8 Å². The highest BCUT2D eigenvalue weighted by Crippen LogP contribution is 2.38. The summed E-state index contributed by atoms with van der Waals surface area (Å²) in [5.41, 5.74) is 3.34. The van der Waals surface area contributed by atoms with Crippen LogP contribution in [0.1, 0.15) is 66.2 Å². The van der Waals surface area contributed by atoms with Gasteiger partial charge in [-0.1, -0.05) is 39.3 Å². The van der Waals surface area contributed by atoms with Gasteiger partial charge in [-0.25, -0.2) is 9.97 Å². The third kappa shape index (κ3) is 4.33. The van der Waals surface area contributed by atoms with Gasteiger partial charge >= 0.3 is 0 Å². The Morgan fingerprint density at radius 1 is 1.10 bits per heavy atom. The predicted molar refractivity (Wildman–Crippen MR) is 127 cm³/mol. The number of aromatic nitrogens is 2. The Labute approximate surface area is 183 Å². The molecule has 0 atom stereocenters. The number of aryl methyl sites for hydroxylation is 2. The summed E-state index contributed by atoms with van der Waals surface area (Å²) in [7, 11) is 3.90. The predicted octanol–water partition coefficient (Wildman–Crippen LogP) is 6.07. The van der Waals surface area contributed by atoms with Crippen molar-refractivity contribution in [1.29, 1.82) is 0 Å². The van der Waals surface area contributed by atoms with E-state index in [0.717, 1.165) is 51.5 Å². The van der Waals surface area contributed by atoms with Crippen LogP contribution in [0.25, 0.3) is 10.2 Å². The fourth-order valence-corrected chi connectivity index (χ4v) is 4.76. The van der Waals surface area contributed by atoms with Crippen LogP contribution < -0.4 is 4.90 Å². The van der Waals surface area contributed by atoms with Crippen molar-refractivity contribution in [3.63, 3.8) is 0 Å². The first kappa shape index (κ1) is 22.2. The molecule has 0 fully saturated rings. The van der Waals surface area contributed by atoms with Gasteiger partial charge in [-0.15, -0.1) is 11.3 Å². The van der Waals surface area contributed by atoms with Crippen LogP contribution >= 0.6 is 11.3 Å². The van der Waals surface area contributed by atoms with Gasteiger partial charge in [-0.2, -0.15) is 0 Å². The molecule has 0 aliphatic carbocycles. The van der Waals surface area contributed by atoms with Gasteiger partial charge in [0.1, 0.15) is 16.5 Å². The standard InChI is InChI=1S/C24H32N4OS/c1-8-9-14-27(6)24(29)21-16(4)20-22(25-17(5)26-23(20)30-21)28(7)19-12-10-18(11-13-19)15(2)3/h10-13,15H,8-9,14H2,1-7H3. The molecule has 0 unspecified atom stereocenters. The number of amides is 1. The normalized spacial score (nSPS) is 11.3. The first-order valence-electron chi connectivity index (χ1n) is 10.6. The molecule has 3 aromatic rings. The minimum atomic E-state index is 0.0662. The van der Waals surface area contributed by atoms with Crippen LogP contribution in [0, 0.1) is 13.8 Å². The van der Waals surface area contributed by atoms with E-state index in [0.29, 0.717) is 11.7 Å². The lowest BCUT2D eigenvalue weighted by atomic mass is 10.0. The molecule has 3 rings (SSSR count). The van der Waals surface area contributed by atoms with E-state index in [9.17, 15) is 4.79 Å². The van der Waals surface area contributed by atoms with E-state index in [1.54, 1.807) is 0 Å². The second kappa shape index (κ2) is 9.13.